The highest BCUT2D eigenvalue weighted by atomic mass is 127. The summed E-state index contributed by atoms with van der Waals surface area (Å²) >= 11 is 0. The van der Waals surface area contributed by atoms with Crippen LogP contribution >= 0.6 is 24.0 Å². The van der Waals surface area contributed by atoms with E-state index in [1.165, 1.54) is 58.3 Å². The van der Waals surface area contributed by atoms with Crippen molar-refractivity contribution in [2.45, 2.75) is 56.6 Å². The van der Waals surface area contributed by atoms with Crippen molar-refractivity contribution in [1.29, 1.82) is 0 Å². The fraction of sp³-hybridized carbons (Fsp3) is 0.952. The van der Waals surface area contributed by atoms with Gasteiger partial charge in [-0.2, -0.15) is 0 Å². The Morgan fingerprint density at radius 2 is 1.90 bits per heavy atom. The van der Waals surface area contributed by atoms with Crippen LogP contribution in [0.15, 0.2) is 4.99 Å². The molecule has 3 aliphatic rings. The molecule has 0 aliphatic carbocycles. The molecule has 3 heterocycles. The Bertz CT molecular complexity index is 474. The van der Waals surface area contributed by atoms with E-state index in [4.69, 9.17) is 9.47 Å². The number of aliphatic imine (C=N–C) groups is 1. The van der Waals surface area contributed by atoms with Gasteiger partial charge in [0.05, 0.1) is 12.7 Å². The maximum atomic E-state index is 5.84. The lowest BCUT2D eigenvalue weighted by Gasteiger charge is -2.50. The van der Waals surface area contributed by atoms with E-state index < -0.39 is 0 Å². The minimum atomic E-state index is 0. The summed E-state index contributed by atoms with van der Waals surface area (Å²) < 4.78 is 11.2. The van der Waals surface area contributed by atoms with Crippen molar-refractivity contribution in [3.63, 3.8) is 0 Å². The first-order valence-electron chi connectivity index (χ1n) is 11.3. The minimum absolute atomic E-state index is 0. The van der Waals surface area contributed by atoms with Crippen LogP contribution in [-0.2, 0) is 9.47 Å². The molecule has 0 spiro atoms. The number of piperidine rings is 2. The lowest BCUT2D eigenvalue weighted by atomic mass is 9.84. The van der Waals surface area contributed by atoms with E-state index >= 15 is 0 Å². The maximum absolute atomic E-state index is 5.84. The van der Waals surface area contributed by atoms with E-state index in [0.29, 0.717) is 6.10 Å². The molecule has 0 radical (unpaired) electrons. The number of guanidine groups is 1. The number of likely N-dealkylation sites (tertiary alicyclic amines) is 2. The number of nitrogens with one attached hydrogen (secondary N) is 2. The van der Waals surface area contributed by atoms with E-state index in [1.54, 1.807) is 0 Å². The lowest BCUT2D eigenvalue weighted by Crippen LogP contribution is -2.62. The molecule has 29 heavy (non-hydrogen) atoms. The summed E-state index contributed by atoms with van der Waals surface area (Å²) in [6.45, 7) is 9.11. The second-order valence-corrected chi connectivity index (χ2v) is 8.64. The lowest BCUT2D eigenvalue weighted by molar-refractivity contribution is 0.0173. The second-order valence-electron chi connectivity index (χ2n) is 8.64. The molecule has 1 atom stereocenters. The van der Waals surface area contributed by atoms with Crippen LogP contribution in [0.2, 0.25) is 0 Å². The Labute approximate surface area is 194 Å². The van der Waals surface area contributed by atoms with Gasteiger partial charge >= 0.3 is 0 Å². The monoisotopic (exact) mass is 523 g/mol. The van der Waals surface area contributed by atoms with E-state index in [0.717, 1.165) is 51.7 Å². The van der Waals surface area contributed by atoms with Crippen molar-refractivity contribution in [2.24, 2.45) is 4.99 Å². The highest BCUT2D eigenvalue weighted by molar-refractivity contribution is 14.0. The fourth-order valence-corrected chi connectivity index (χ4v) is 4.65. The number of hydrogen-bond acceptors (Lipinski definition) is 5. The highest BCUT2D eigenvalue weighted by Crippen LogP contribution is 2.30. The topological polar surface area (TPSA) is 61.4 Å². The molecule has 0 aromatic carbocycles. The molecule has 8 heteroatoms. The average molecular weight is 524 g/mol. The van der Waals surface area contributed by atoms with E-state index in [2.05, 4.69) is 32.5 Å². The molecule has 0 amide bonds. The molecule has 0 bridgehead atoms. The maximum Gasteiger partial charge on any atom is 0.191 e. The molecule has 3 fully saturated rings. The summed E-state index contributed by atoms with van der Waals surface area (Å²) in [6.07, 6.45) is 8.87. The van der Waals surface area contributed by atoms with Gasteiger partial charge in [0.2, 0.25) is 0 Å². The third-order valence-corrected chi connectivity index (χ3v) is 6.61. The number of ether oxygens (including phenoxy) is 2. The highest BCUT2D eigenvalue weighted by Gasteiger charge is 2.39. The predicted octanol–water partition coefficient (Wildman–Crippen LogP) is 1.92. The summed E-state index contributed by atoms with van der Waals surface area (Å²) in [5, 5.41) is 7.10. The van der Waals surface area contributed by atoms with Gasteiger partial charge in [0, 0.05) is 38.9 Å². The molecular weight excluding hydrogens is 481 g/mol. The number of nitrogens with zero attached hydrogens (tertiary/aromatic N) is 3. The summed E-state index contributed by atoms with van der Waals surface area (Å²) in [5.41, 5.74) is 0.274. The van der Waals surface area contributed by atoms with Crippen LogP contribution in [-0.4, -0.2) is 101 Å². The van der Waals surface area contributed by atoms with Crippen LogP contribution in [0.1, 0.15) is 44.9 Å². The Balaban J connectivity index is 0.00000300. The van der Waals surface area contributed by atoms with E-state index in [-0.39, 0.29) is 29.5 Å². The average Bonchev–Trinajstić information content (AvgIpc) is 3.26. The van der Waals surface area contributed by atoms with Crippen LogP contribution in [0, 0.1) is 0 Å². The summed E-state index contributed by atoms with van der Waals surface area (Å²) in [6, 6.07) is 0. The number of hydrogen-bond donors (Lipinski definition) is 2. The molecular formula is C21H42IN5O2. The van der Waals surface area contributed by atoms with Crippen molar-refractivity contribution >= 4 is 29.9 Å². The molecule has 3 saturated heterocycles. The SMILES string of the molecule is CN=C(NCCCOC1CCOC1)NCC1(N2CCCCC2)CCN(C)CC1.I. The van der Waals surface area contributed by atoms with Crippen molar-refractivity contribution in [1.82, 2.24) is 20.4 Å². The van der Waals surface area contributed by atoms with Gasteiger partial charge in [-0.25, -0.2) is 0 Å². The van der Waals surface area contributed by atoms with Crippen LogP contribution in [0.5, 0.6) is 0 Å². The molecule has 2 N–H and O–H groups in total. The molecule has 3 rings (SSSR count). The molecule has 0 aromatic rings. The van der Waals surface area contributed by atoms with Gasteiger partial charge in [-0.3, -0.25) is 9.89 Å². The van der Waals surface area contributed by atoms with Crippen molar-refractivity contribution < 1.29 is 9.47 Å². The Morgan fingerprint density at radius 3 is 2.55 bits per heavy atom. The van der Waals surface area contributed by atoms with Gasteiger partial charge in [-0.1, -0.05) is 6.42 Å². The molecule has 0 saturated carbocycles. The standard InChI is InChI=1S/C21H41N5O2.HI/c1-22-20(23-10-6-15-28-19-7-16-27-17-19)24-18-21(8-13-25(2)14-9-21)26-11-4-3-5-12-26;/h19H,3-18H2,1-2H3,(H2,22,23,24);1H. The van der Waals surface area contributed by atoms with Crippen molar-refractivity contribution in [3.05, 3.63) is 0 Å². The van der Waals surface area contributed by atoms with Crippen molar-refractivity contribution in [3.8, 4) is 0 Å². The zero-order valence-corrected chi connectivity index (χ0v) is 20.8. The molecule has 1 unspecified atom stereocenters. The molecule has 170 valence electrons. The van der Waals surface area contributed by atoms with Crippen LogP contribution in [0.3, 0.4) is 0 Å². The summed E-state index contributed by atoms with van der Waals surface area (Å²) in [4.78, 5) is 9.67. The van der Waals surface area contributed by atoms with Crippen LogP contribution < -0.4 is 10.6 Å². The summed E-state index contributed by atoms with van der Waals surface area (Å²) in [7, 11) is 4.11. The third kappa shape index (κ3) is 7.79. The zero-order valence-electron chi connectivity index (χ0n) is 18.5. The smallest absolute Gasteiger partial charge is 0.191 e. The first-order valence-corrected chi connectivity index (χ1v) is 11.3. The third-order valence-electron chi connectivity index (χ3n) is 6.61. The summed E-state index contributed by atoms with van der Waals surface area (Å²) in [5.74, 6) is 0.916. The largest absolute Gasteiger partial charge is 0.379 e. The Morgan fingerprint density at radius 1 is 1.14 bits per heavy atom. The van der Waals surface area contributed by atoms with Gasteiger partial charge in [0.15, 0.2) is 5.96 Å². The van der Waals surface area contributed by atoms with Crippen molar-refractivity contribution in [2.75, 3.05) is 73.2 Å². The molecule has 7 nitrogen and oxygen atoms in total. The van der Waals surface area contributed by atoms with Crippen LogP contribution in [0.4, 0.5) is 0 Å². The van der Waals surface area contributed by atoms with Gasteiger partial charge < -0.3 is 25.0 Å². The molecule has 3 aliphatic heterocycles. The zero-order chi connectivity index (χ0) is 19.7. The Kier molecular flexibility index (Phi) is 11.5. The second kappa shape index (κ2) is 13.3. The fourth-order valence-electron chi connectivity index (χ4n) is 4.65. The van der Waals surface area contributed by atoms with Crippen LogP contribution in [0.25, 0.3) is 0 Å². The van der Waals surface area contributed by atoms with E-state index in [1.807, 2.05) is 7.05 Å². The van der Waals surface area contributed by atoms with Gasteiger partial charge in [0.25, 0.3) is 0 Å². The number of rotatable bonds is 8. The quantitative estimate of drug-likeness (QED) is 0.220. The minimum Gasteiger partial charge on any atom is -0.379 e. The van der Waals surface area contributed by atoms with Gasteiger partial charge in [-0.15, -0.1) is 24.0 Å². The Hall–Kier alpha value is -0.160. The normalized spacial score (nSPS) is 26.1. The molecule has 0 aromatic heterocycles. The first-order chi connectivity index (χ1) is 13.7. The van der Waals surface area contributed by atoms with Gasteiger partial charge in [-0.05, 0) is 71.8 Å². The predicted molar refractivity (Wildman–Crippen MR) is 129 cm³/mol. The first kappa shape index (κ1) is 25.1. The van der Waals surface area contributed by atoms with E-state index in [9.17, 15) is 0 Å². The van der Waals surface area contributed by atoms with Gasteiger partial charge in [0.1, 0.15) is 0 Å². The number of halogens is 1.